The summed E-state index contributed by atoms with van der Waals surface area (Å²) in [7, 11) is 0. The van der Waals surface area contributed by atoms with Crippen molar-refractivity contribution in [3.63, 3.8) is 0 Å². The van der Waals surface area contributed by atoms with Crippen LogP contribution >= 0.6 is 0 Å². The lowest BCUT2D eigenvalue weighted by Crippen LogP contribution is -2.31. The second kappa shape index (κ2) is 16.1. The first kappa shape index (κ1) is 29.4. The number of hydrogen-bond donors (Lipinski definition) is 1. The van der Waals surface area contributed by atoms with E-state index < -0.39 is 5.97 Å². The van der Waals surface area contributed by atoms with E-state index in [1.807, 2.05) is 0 Å². The van der Waals surface area contributed by atoms with Crippen LogP contribution in [-0.2, 0) is 14.3 Å². The van der Waals surface area contributed by atoms with Gasteiger partial charge in [-0.1, -0.05) is 58.3 Å². The summed E-state index contributed by atoms with van der Waals surface area (Å²) in [5.41, 5.74) is -0.237. The first-order valence-electron chi connectivity index (χ1n) is 12.5. The molecular formula is C26H52O4. The summed E-state index contributed by atoms with van der Waals surface area (Å²) in [6.45, 7) is 15.1. The summed E-state index contributed by atoms with van der Waals surface area (Å²) >= 11 is 0. The van der Waals surface area contributed by atoms with Gasteiger partial charge in [-0.25, -0.2) is 0 Å². The van der Waals surface area contributed by atoms with Gasteiger partial charge >= 0.3 is 5.97 Å². The molecule has 0 aromatic rings. The fourth-order valence-electron chi connectivity index (χ4n) is 3.87. The van der Waals surface area contributed by atoms with Crippen molar-refractivity contribution < 1.29 is 19.4 Å². The van der Waals surface area contributed by atoms with E-state index in [-0.39, 0.29) is 17.3 Å². The summed E-state index contributed by atoms with van der Waals surface area (Å²) in [4.78, 5) is 10.6. The molecule has 0 heterocycles. The van der Waals surface area contributed by atoms with Crippen LogP contribution in [0.3, 0.4) is 0 Å². The van der Waals surface area contributed by atoms with E-state index in [2.05, 4.69) is 48.5 Å². The third-order valence-electron chi connectivity index (χ3n) is 5.15. The Morgan fingerprint density at radius 2 is 1.07 bits per heavy atom. The lowest BCUT2D eigenvalue weighted by atomic mass is 9.98. The smallest absolute Gasteiger partial charge is 0.303 e. The van der Waals surface area contributed by atoms with Gasteiger partial charge in [0.25, 0.3) is 0 Å². The second-order valence-electron chi connectivity index (χ2n) is 10.8. The minimum Gasteiger partial charge on any atom is -0.481 e. The van der Waals surface area contributed by atoms with Gasteiger partial charge in [-0.15, -0.1) is 0 Å². The van der Waals surface area contributed by atoms with Crippen LogP contribution in [0.5, 0.6) is 0 Å². The molecule has 0 aromatic heterocycles. The third-order valence-corrected chi connectivity index (χ3v) is 5.15. The molecule has 0 rings (SSSR count). The molecule has 0 saturated heterocycles. The molecule has 0 radical (unpaired) electrons. The van der Waals surface area contributed by atoms with Crippen molar-refractivity contribution in [3.8, 4) is 0 Å². The largest absolute Gasteiger partial charge is 0.481 e. The van der Waals surface area contributed by atoms with Crippen molar-refractivity contribution >= 4 is 5.97 Å². The molecule has 0 aliphatic carbocycles. The molecule has 30 heavy (non-hydrogen) atoms. The molecule has 0 spiro atoms. The van der Waals surface area contributed by atoms with Crippen molar-refractivity contribution in [2.45, 2.75) is 162 Å². The van der Waals surface area contributed by atoms with Crippen molar-refractivity contribution in [1.29, 1.82) is 0 Å². The van der Waals surface area contributed by atoms with Crippen LogP contribution in [0.15, 0.2) is 0 Å². The number of carboxylic acids is 1. The lowest BCUT2D eigenvalue weighted by molar-refractivity contribution is -0.137. The van der Waals surface area contributed by atoms with Crippen LogP contribution in [0.2, 0.25) is 0 Å². The summed E-state index contributed by atoms with van der Waals surface area (Å²) in [6, 6.07) is 0. The number of hydrogen-bond acceptors (Lipinski definition) is 3. The third kappa shape index (κ3) is 20.7. The molecule has 0 fully saturated rings. The van der Waals surface area contributed by atoms with Crippen LogP contribution in [0.1, 0.15) is 138 Å². The molecule has 1 N–H and O–H groups in total. The van der Waals surface area contributed by atoms with E-state index in [0.717, 1.165) is 57.8 Å². The molecule has 4 heteroatoms. The van der Waals surface area contributed by atoms with E-state index in [9.17, 15) is 4.79 Å². The Balaban J connectivity index is 4.49. The summed E-state index contributed by atoms with van der Waals surface area (Å²) in [6.07, 6.45) is 15.5. The fraction of sp³-hybridized carbons (Fsp3) is 0.962. The number of aliphatic carboxylic acids is 1. The number of carbonyl (C=O) groups is 1. The Hall–Kier alpha value is -0.610. The quantitative estimate of drug-likeness (QED) is 0.225. The Morgan fingerprint density at radius 1 is 0.667 bits per heavy atom. The summed E-state index contributed by atoms with van der Waals surface area (Å²) < 4.78 is 12.8. The predicted molar refractivity (Wildman–Crippen MR) is 127 cm³/mol. The van der Waals surface area contributed by atoms with Gasteiger partial charge in [-0.2, -0.15) is 0 Å². The van der Waals surface area contributed by atoms with Gasteiger partial charge in [0.1, 0.15) is 0 Å². The van der Waals surface area contributed by atoms with Crippen molar-refractivity contribution in [1.82, 2.24) is 0 Å². The van der Waals surface area contributed by atoms with Crippen LogP contribution in [0.25, 0.3) is 0 Å². The van der Waals surface area contributed by atoms with Gasteiger partial charge in [0.05, 0.1) is 23.4 Å². The molecule has 0 aromatic carbocycles. The van der Waals surface area contributed by atoms with E-state index >= 15 is 0 Å². The summed E-state index contributed by atoms with van der Waals surface area (Å²) in [5.74, 6) is -0.685. The van der Waals surface area contributed by atoms with Gasteiger partial charge in [0, 0.05) is 6.42 Å². The van der Waals surface area contributed by atoms with E-state index in [0.29, 0.717) is 12.5 Å². The summed E-state index contributed by atoms with van der Waals surface area (Å²) in [5, 5.41) is 8.73. The highest BCUT2D eigenvalue weighted by Crippen LogP contribution is 2.25. The zero-order valence-corrected chi connectivity index (χ0v) is 21.2. The highest BCUT2D eigenvalue weighted by molar-refractivity contribution is 5.66. The van der Waals surface area contributed by atoms with Gasteiger partial charge in [0.2, 0.25) is 0 Å². The number of rotatable bonds is 18. The number of ether oxygens (including phenoxy) is 2. The van der Waals surface area contributed by atoms with E-state index in [1.54, 1.807) is 0 Å². The van der Waals surface area contributed by atoms with Gasteiger partial charge in [0.15, 0.2) is 0 Å². The average Bonchev–Trinajstić information content (AvgIpc) is 2.59. The van der Waals surface area contributed by atoms with Gasteiger partial charge in [-0.05, 0) is 73.6 Å². The number of unbranched alkanes of at least 4 members (excludes halogenated alkanes) is 7. The molecular weight excluding hydrogens is 376 g/mol. The monoisotopic (exact) mass is 428 g/mol. The minimum absolute atomic E-state index is 0.105. The van der Waals surface area contributed by atoms with Crippen LogP contribution in [0, 0.1) is 0 Å². The van der Waals surface area contributed by atoms with Crippen LogP contribution < -0.4 is 0 Å². The molecule has 0 aliphatic rings. The van der Waals surface area contributed by atoms with Crippen molar-refractivity contribution in [3.05, 3.63) is 0 Å². The molecule has 2 unspecified atom stereocenters. The van der Waals surface area contributed by atoms with Gasteiger partial charge < -0.3 is 14.6 Å². The lowest BCUT2D eigenvalue weighted by Gasteiger charge is -2.31. The molecule has 0 amide bonds. The number of carboxylic acid groups (broad SMARTS) is 1. The van der Waals surface area contributed by atoms with Crippen molar-refractivity contribution in [2.24, 2.45) is 0 Å². The zero-order valence-electron chi connectivity index (χ0n) is 21.2. The SMILES string of the molecule is CCCCCCC(CCC(CCCCCCCC(=O)O)OC(C)(C)C)OC(C)(C)C. The zero-order chi connectivity index (χ0) is 23.0. The predicted octanol–water partition coefficient (Wildman–Crippen LogP) is 7.92. The Kier molecular flexibility index (Phi) is 15.8. The van der Waals surface area contributed by atoms with Crippen LogP contribution in [0.4, 0.5) is 0 Å². The highest BCUT2D eigenvalue weighted by Gasteiger charge is 2.23. The molecule has 180 valence electrons. The normalized spacial score (nSPS) is 14.6. The average molecular weight is 429 g/mol. The van der Waals surface area contributed by atoms with Crippen LogP contribution in [-0.4, -0.2) is 34.5 Å². The first-order chi connectivity index (χ1) is 13.9. The topological polar surface area (TPSA) is 55.8 Å². The Labute approximate surface area is 187 Å². The molecule has 0 bridgehead atoms. The second-order valence-corrected chi connectivity index (χ2v) is 10.8. The Morgan fingerprint density at radius 3 is 1.47 bits per heavy atom. The van der Waals surface area contributed by atoms with E-state index in [4.69, 9.17) is 14.6 Å². The molecule has 0 saturated carbocycles. The maximum absolute atomic E-state index is 10.6. The standard InChI is InChI=1S/C26H52O4/c1-8-9-10-14-17-22(29-25(2,3)4)20-21-23(30-26(5,6)7)18-15-12-11-13-16-19-24(27)28/h22-23H,8-21H2,1-7H3,(H,27,28). The molecule has 4 nitrogen and oxygen atoms in total. The molecule has 0 aliphatic heterocycles. The fourth-order valence-corrected chi connectivity index (χ4v) is 3.87. The van der Waals surface area contributed by atoms with Gasteiger partial charge in [-0.3, -0.25) is 4.79 Å². The Bertz CT molecular complexity index is 420. The maximum atomic E-state index is 10.6. The highest BCUT2D eigenvalue weighted by atomic mass is 16.5. The van der Waals surface area contributed by atoms with Crippen molar-refractivity contribution in [2.75, 3.05) is 0 Å². The minimum atomic E-state index is -0.685. The van der Waals surface area contributed by atoms with E-state index in [1.165, 1.54) is 25.7 Å². The first-order valence-corrected chi connectivity index (χ1v) is 12.5. The maximum Gasteiger partial charge on any atom is 0.303 e. The molecule has 2 atom stereocenters.